The fourth-order valence-electron chi connectivity index (χ4n) is 8.06. The van der Waals surface area contributed by atoms with Gasteiger partial charge in [0.15, 0.2) is 21.3 Å². The second-order valence-corrected chi connectivity index (χ2v) is 22.3. The minimum Gasteiger partial charge on any atom is -0.346 e. The van der Waals surface area contributed by atoms with E-state index < -0.39 is 154 Å². The van der Waals surface area contributed by atoms with Gasteiger partial charge in [0.25, 0.3) is 5.92 Å². The number of amides is 2. The van der Waals surface area contributed by atoms with E-state index in [9.17, 15) is 61.5 Å². The van der Waals surface area contributed by atoms with Crippen molar-refractivity contribution in [3.63, 3.8) is 0 Å². The van der Waals surface area contributed by atoms with Crippen LogP contribution >= 0.6 is 11.6 Å². The highest BCUT2D eigenvalue weighted by atomic mass is 35.5. The lowest BCUT2D eigenvalue weighted by Gasteiger charge is -2.23. The van der Waals surface area contributed by atoms with Crippen molar-refractivity contribution < 1.29 is 70.3 Å². The number of carbonyl (C=O) groups is 2. The van der Waals surface area contributed by atoms with Crippen molar-refractivity contribution in [3.05, 3.63) is 93.0 Å². The van der Waals surface area contributed by atoms with Crippen LogP contribution in [-0.4, -0.2) is 76.6 Å². The molecule has 13 nitrogen and oxygen atoms in total. The summed E-state index contributed by atoms with van der Waals surface area (Å²) < 4.78 is 197. The Bertz CT molecular complexity index is 3230. The molecule has 3 atom stereocenters. The lowest BCUT2D eigenvalue weighted by atomic mass is 9.93. The molecule has 0 radical (unpaired) electrons. The second kappa shape index (κ2) is 17.3. The van der Waals surface area contributed by atoms with Gasteiger partial charge in [0.2, 0.25) is 21.8 Å². The maximum absolute atomic E-state index is 15.5. The predicted octanol–water partition coefficient (Wildman–Crippen LogP) is 8.24. The molecule has 69 heavy (non-hydrogen) atoms. The molecule has 1 N–H and O–H groups in total. The largest absolute Gasteiger partial charge is 0.435 e. The van der Waals surface area contributed by atoms with Crippen molar-refractivity contribution in [1.82, 2.24) is 29.9 Å². The Balaban J connectivity index is 1.49. The number of benzene rings is 2. The molecule has 0 aliphatic heterocycles. The van der Waals surface area contributed by atoms with Crippen molar-refractivity contribution in [3.8, 4) is 23.0 Å². The molecule has 370 valence electrons. The van der Waals surface area contributed by atoms with Crippen LogP contribution in [0.25, 0.3) is 22.0 Å². The number of nitrogens with one attached hydrogen (secondary N) is 1. The van der Waals surface area contributed by atoms with Crippen LogP contribution in [0.4, 0.5) is 49.7 Å². The molecule has 3 aromatic heterocycles. The summed E-state index contributed by atoms with van der Waals surface area (Å²) in [5.41, 5.74) is -5.64. The topological polar surface area (TPSA) is 166 Å². The summed E-state index contributed by atoms with van der Waals surface area (Å²) in [6.45, 7) is 1.90. The van der Waals surface area contributed by atoms with Gasteiger partial charge in [0, 0.05) is 40.8 Å². The molecule has 0 unspecified atom stereocenters. The minimum absolute atomic E-state index is 0.175. The van der Waals surface area contributed by atoms with Gasteiger partial charge >= 0.3 is 12.4 Å². The number of carbonyl (C=O) groups excluding carboxylic acids is 2. The first-order valence-corrected chi connectivity index (χ1v) is 24.6. The fourth-order valence-corrected chi connectivity index (χ4v) is 9.51. The van der Waals surface area contributed by atoms with Gasteiger partial charge in [-0.3, -0.25) is 19.0 Å². The van der Waals surface area contributed by atoms with Crippen molar-refractivity contribution in [1.29, 1.82) is 0 Å². The van der Waals surface area contributed by atoms with Crippen LogP contribution in [0.5, 0.6) is 0 Å². The van der Waals surface area contributed by atoms with Crippen LogP contribution in [-0.2, 0) is 61.1 Å². The van der Waals surface area contributed by atoms with Crippen molar-refractivity contribution in [2.45, 2.75) is 88.6 Å². The average molecular weight is 1040 g/mol. The lowest BCUT2D eigenvalue weighted by molar-refractivity contribution is -0.143. The van der Waals surface area contributed by atoms with Crippen LogP contribution < -0.4 is 9.62 Å². The summed E-state index contributed by atoms with van der Waals surface area (Å²) in [5, 5.41) is 8.83. The molecule has 0 bridgehead atoms. The Labute approximate surface area is 392 Å². The smallest absolute Gasteiger partial charge is 0.346 e. The molecule has 2 aliphatic rings. The number of halogens is 11. The highest BCUT2D eigenvalue weighted by molar-refractivity contribution is 7.93. The molecule has 5 aromatic rings. The van der Waals surface area contributed by atoms with E-state index >= 15 is 8.78 Å². The molecule has 26 heteroatoms. The number of nitrogens with zero attached hydrogens (tertiary/aromatic N) is 6. The third-order valence-corrected chi connectivity index (χ3v) is 14.8. The molecule has 0 spiro atoms. The van der Waals surface area contributed by atoms with Gasteiger partial charge in [0.1, 0.15) is 40.9 Å². The van der Waals surface area contributed by atoms with E-state index in [4.69, 9.17) is 11.6 Å². The number of sulfone groups is 1. The molecule has 0 saturated heterocycles. The van der Waals surface area contributed by atoms with Crippen molar-refractivity contribution in [2.75, 3.05) is 16.8 Å². The Morgan fingerprint density at radius 2 is 1.57 bits per heavy atom. The Hall–Kier alpha value is -5.74. The van der Waals surface area contributed by atoms with Gasteiger partial charge in [0.05, 0.1) is 33.9 Å². The van der Waals surface area contributed by atoms with E-state index in [-0.39, 0.29) is 37.8 Å². The Kier molecular flexibility index (Phi) is 12.8. The summed E-state index contributed by atoms with van der Waals surface area (Å²) in [4.78, 5) is 32.1. The van der Waals surface area contributed by atoms with Crippen molar-refractivity contribution in [2.24, 2.45) is 11.8 Å². The van der Waals surface area contributed by atoms with Gasteiger partial charge in [-0.15, -0.1) is 0 Å². The summed E-state index contributed by atoms with van der Waals surface area (Å²) in [7, 11) is -8.55. The Morgan fingerprint density at radius 3 is 2.13 bits per heavy atom. The maximum atomic E-state index is 15.5. The molecule has 2 aliphatic carbocycles. The van der Waals surface area contributed by atoms with Crippen LogP contribution in [0.3, 0.4) is 0 Å². The number of pyridine rings is 1. The first-order valence-electron chi connectivity index (χ1n) is 20.4. The van der Waals surface area contributed by atoms with Crippen LogP contribution in [0, 0.1) is 35.3 Å². The van der Waals surface area contributed by atoms with E-state index in [0.29, 0.717) is 17.0 Å². The standard InChI is InChI=1S/C43H38ClF10N7O6S2/c1-20(2)39(63)61(69(6,66)67)38-33-29(44)10-9-26(35(33)60(58-38)19-41(47,48)49)25-8-7-24(11-12-40(3,4)68(5,64)65)55-34(25)30(15-21-13-22(45)16-23(46)14-21)56-31(62)18-59-37-32(36(57-59)43(52,53)54)27-17-28(27)42(37,50)51/h7-10,13-14,16,20,27-28,30H,15,17-19H2,1-6H3,(H,56,62)/t27-,28+,30-/m0/s1. The van der Waals surface area contributed by atoms with Crippen LogP contribution in [0.2, 0.25) is 5.02 Å². The van der Waals surface area contributed by atoms with Gasteiger partial charge in [-0.2, -0.15) is 49.6 Å². The van der Waals surface area contributed by atoms with Gasteiger partial charge in [-0.05, 0) is 74.4 Å². The number of fused-ring (bicyclic) bond motifs is 4. The molecule has 2 amide bonds. The number of anilines is 1. The van der Waals surface area contributed by atoms with E-state index in [1.807, 2.05) is 0 Å². The van der Waals surface area contributed by atoms with Gasteiger partial charge in [-0.1, -0.05) is 37.4 Å². The first kappa shape index (κ1) is 51.1. The highest BCUT2D eigenvalue weighted by Gasteiger charge is 2.68. The number of aromatic nitrogens is 5. The molecular formula is C43H38ClF10N7O6S2. The normalized spacial score (nSPS) is 17.3. The van der Waals surface area contributed by atoms with Crippen molar-refractivity contribution >= 4 is 60.0 Å². The Morgan fingerprint density at radius 1 is 0.942 bits per heavy atom. The first-order chi connectivity index (χ1) is 31.6. The summed E-state index contributed by atoms with van der Waals surface area (Å²) in [5.74, 6) is -8.00. The van der Waals surface area contributed by atoms with Crippen LogP contribution in [0.15, 0.2) is 42.5 Å². The molecule has 1 saturated carbocycles. The number of hydrogen-bond acceptors (Lipinski definition) is 9. The number of alkyl halides is 8. The van der Waals surface area contributed by atoms with E-state index in [0.717, 1.165) is 30.5 Å². The minimum atomic E-state index is -5.21. The second-order valence-electron chi connectivity index (χ2n) is 17.5. The average Bonchev–Trinajstić information content (AvgIpc) is 3.71. The third kappa shape index (κ3) is 10.0. The zero-order valence-electron chi connectivity index (χ0n) is 36.8. The zero-order valence-corrected chi connectivity index (χ0v) is 39.2. The number of hydrogen-bond donors (Lipinski definition) is 1. The predicted molar refractivity (Wildman–Crippen MR) is 230 cm³/mol. The zero-order chi connectivity index (χ0) is 51.3. The molecular weight excluding hydrogens is 1000 g/mol. The van der Waals surface area contributed by atoms with E-state index in [1.54, 1.807) is 0 Å². The van der Waals surface area contributed by atoms with Crippen LogP contribution in [0.1, 0.15) is 80.0 Å². The molecule has 3 heterocycles. The summed E-state index contributed by atoms with van der Waals surface area (Å²) in [6, 6.07) is 4.95. The van der Waals surface area contributed by atoms with Gasteiger partial charge in [-0.25, -0.2) is 30.6 Å². The monoisotopic (exact) mass is 1040 g/mol. The molecule has 1 fully saturated rings. The maximum Gasteiger partial charge on any atom is 0.435 e. The lowest BCUT2D eigenvalue weighted by Crippen LogP contribution is -2.39. The van der Waals surface area contributed by atoms with E-state index in [2.05, 4.69) is 32.3 Å². The fraction of sp³-hybridized carbons (Fsp3) is 0.419. The molecule has 7 rings (SSSR count). The highest BCUT2D eigenvalue weighted by Crippen LogP contribution is 2.68. The summed E-state index contributed by atoms with van der Waals surface area (Å²) in [6.07, 6.45) is -9.76. The SMILES string of the molecule is CC(C)C(=O)N(c1nn(CC(F)(F)F)c2c(-c3ccc(C#CC(C)(C)S(C)(=O)=O)nc3[C@H](Cc3cc(F)cc(F)c3)NC(=O)Cn3nc(C(F)(F)F)c4c3C(F)(F)[C@@H]3C[C@H]43)ccc(Cl)c12)S(C)(=O)=O. The molecule has 2 aromatic carbocycles. The van der Waals surface area contributed by atoms with E-state index in [1.165, 1.54) is 39.8 Å². The quantitative estimate of drug-likeness (QED) is 0.0957. The summed E-state index contributed by atoms with van der Waals surface area (Å²) >= 11 is 6.61. The third-order valence-electron chi connectivity index (χ3n) is 11.5. The van der Waals surface area contributed by atoms with Gasteiger partial charge < -0.3 is 5.32 Å². The number of rotatable bonds is 12. The number of sulfonamides is 1.